The van der Waals surface area contributed by atoms with E-state index in [1.165, 1.54) is 36.4 Å². The largest absolute Gasteiger partial charge is 0.456 e. The Hall–Kier alpha value is -2.93. The minimum atomic E-state index is -4.74. The lowest BCUT2D eigenvalue weighted by Gasteiger charge is -2.13. The van der Waals surface area contributed by atoms with Gasteiger partial charge in [0.25, 0.3) is 10.0 Å². The fraction of sp³-hybridized carbons (Fsp3) is 0.0500. The van der Waals surface area contributed by atoms with Crippen LogP contribution in [0.3, 0.4) is 0 Å². The molecule has 3 aromatic carbocycles. The van der Waals surface area contributed by atoms with E-state index in [2.05, 4.69) is 4.72 Å². The van der Waals surface area contributed by atoms with Gasteiger partial charge in [0.05, 0.1) is 20.5 Å². The highest BCUT2D eigenvalue weighted by molar-refractivity contribution is 7.92. The second-order valence-corrected chi connectivity index (χ2v) is 8.59. The van der Waals surface area contributed by atoms with Crippen LogP contribution in [0.2, 0.25) is 10.0 Å². The Bertz CT molecular complexity index is 1270. The maximum absolute atomic E-state index is 13.0. The number of benzene rings is 3. The third-order valence-electron chi connectivity index (χ3n) is 3.97. The maximum atomic E-state index is 13.0. The highest BCUT2D eigenvalue weighted by atomic mass is 35.5. The first-order valence-corrected chi connectivity index (χ1v) is 10.6. The Morgan fingerprint density at radius 3 is 2.26 bits per heavy atom. The summed E-state index contributed by atoms with van der Waals surface area (Å²) >= 11 is 11.5. The van der Waals surface area contributed by atoms with Gasteiger partial charge in [0.15, 0.2) is 0 Å². The molecule has 0 aliphatic heterocycles. The molecule has 1 N–H and O–H groups in total. The molecular weight excluding hydrogens is 476 g/mol. The van der Waals surface area contributed by atoms with Crippen LogP contribution in [-0.2, 0) is 16.2 Å². The van der Waals surface area contributed by atoms with Crippen LogP contribution in [0.15, 0.2) is 65.6 Å². The normalized spacial score (nSPS) is 11.6. The van der Waals surface area contributed by atoms with Crippen LogP contribution in [0, 0.1) is 11.3 Å². The molecule has 31 heavy (non-hydrogen) atoms. The van der Waals surface area contributed by atoms with Crippen molar-refractivity contribution in [3.05, 3.63) is 81.8 Å². The number of anilines is 1. The summed E-state index contributed by atoms with van der Waals surface area (Å²) in [5, 5.41) is 8.83. The molecule has 0 amide bonds. The average Bonchev–Trinajstić information content (AvgIpc) is 2.69. The van der Waals surface area contributed by atoms with Crippen molar-refractivity contribution in [2.75, 3.05) is 4.72 Å². The van der Waals surface area contributed by atoms with Crippen LogP contribution >= 0.6 is 23.2 Å². The summed E-state index contributed by atoms with van der Waals surface area (Å²) in [7, 11) is -4.19. The van der Waals surface area contributed by atoms with E-state index in [1.807, 2.05) is 6.07 Å². The average molecular weight is 487 g/mol. The van der Waals surface area contributed by atoms with E-state index >= 15 is 0 Å². The van der Waals surface area contributed by atoms with E-state index in [-0.39, 0.29) is 32.7 Å². The van der Waals surface area contributed by atoms with Gasteiger partial charge < -0.3 is 4.74 Å². The first-order chi connectivity index (χ1) is 14.5. The van der Waals surface area contributed by atoms with Crippen molar-refractivity contribution in [1.82, 2.24) is 0 Å². The Balaban J connectivity index is 1.83. The minimum absolute atomic E-state index is 0.116. The van der Waals surface area contributed by atoms with Crippen LogP contribution in [-0.4, -0.2) is 8.42 Å². The number of ether oxygens (including phenoxy) is 1. The van der Waals surface area contributed by atoms with Gasteiger partial charge in [-0.05, 0) is 54.6 Å². The quantitative estimate of drug-likeness (QED) is 0.447. The van der Waals surface area contributed by atoms with Crippen molar-refractivity contribution in [2.24, 2.45) is 0 Å². The number of sulfonamides is 1. The Kier molecular flexibility index (Phi) is 6.36. The molecule has 0 spiro atoms. The van der Waals surface area contributed by atoms with E-state index < -0.39 is 26.8 Å². The van der Waals surface area contributed by atoms with Crippen molar-refractivity contribution in [1.29, 1.82) is 5.26 Å². The van der Waals surface area contributed by atoms with Gasteiger partial charge in [-0.1, -0.05) is 29.3 Å². The minimum Gasteiger partial charge on any atom is -0.456 e. The molecule has 0 saturated heterocycles. The molecule has 11 heteroatoms. The summed E-state index contributed by atoms with van der Waals surface area (Å²) in [6, 6.07) is 14.3. The van der Waals surface area contributed by atoms with Crippen LogP contribution < -0.4 is 9.46 Å². The predicted octanol–water partition coefficient (Wildman–Crippen LogP) is 6.48. The zero-order valence-electron chi connectivity index (χ0n) is 15.2. The van der Waals surface area contributed by atoms with Gasteiger partial charge in [-0.25, -0.2) is 8.42 Å². The Morgan fingerprint density at radius 2 is 1.65 bits per heavy atom. The van der Waals surface area contributed by atoms with Crippen molar-refractivity contribution in [3.8, 4) is 17.6 Å². The Labute approximate surface area is 185 Å². The molecule has 0 atom stereocenters. The first-order valence-electron chi connectivity index (χ1n) is 8.37. The van der Waals surface area contributed by atoms with E-state index in [1.54, 1.807) is 6.07 Å². The number of nitrogens with one attached hydrogen (secondary N) is 1. The molecule has 0 radical (unpaired) electrons. The van der Waals surface area contributed by atoms with Crippen LogP contribution in [0.4, 0.5) is 18.9 Å². The van der Waals surface area contributed by atoms with E-state index in [9.17, 15) is 26.9 Å². The van der Waals surface area contributed by atoms with Gasteiger partial charge in [-0.2, -0.15) is 18.4 Å². The lowest BCUT2D eigenvalue weighted by molar-refractivity contribution is -0.137. The van der Waals surface area contributed by atoms with E-state index in [0.29, 0.717) is 6.07 Å². The summed E-state index contributed by atoms with van der Waals surface area (Å²) in [6.45, 7) is 0. The van der Waals surface area contributed by atoms with Crippen LogP contribution in [0.1, 0.15) is 11.1 Å². The van der Waals surface area contributed by atoms with Crippen molar-refractivity contribution in [3.63, 3.8) is 0 Å². The zero-order chi connectivity index (χ0) is 22.8. The molecule has 0 aliphatic rings. The molecule has 0 aromatic heterocycles. The molecule has 0 bridgehead atoms. The first kappa shape index (κ1) is 22.7. The van der Waals surface area contributed by atoms with Crippen molar-refractivity contribution >= 4 is 38.9 Å². The molecule has 0 saturated carbocycles. The second kappa shape index (κ2) is 8.67. The monoisotopic (exact) mass is 486 g/mol. The van der Waals surface area contributed by atoms with E-state index in [0.717, 1.165) is 12.1 Å². The SMILES string of the molecule is N#Cc1c(Cl)cccc1Oc1ccc(S(=O)(=O)Nc2ccc(Cl)c(C(F)(F)F)c2)cc1. The number of hydrogen-bond donors (Lipinski definition) is 1. The van der Waals surface area contributed by atoms with Crippen LogP contribution in [0.25, 0.3) is 0 Å². The Morgan fingerprint density at radius 1 is 0.968 bits per heavy atom. The maximum Gasteiger partial charge on any atom is 0.417 e. The molecule has 160 valence electrons. The standard InChI is InChI=1S/C20H11Cl2F3N2O3S/c21-17-2-1-3-19(15(17)11-26)30-13-5-7-14(8-6-13)31(28,29)27-12-4-9-18(22)16(10-12)20(23,24)25/h1-10,27H. The molecule has 5 nitrogen and oxygen atoms in total. The summed E-state index contributed by atoms with van der Waals surface area (Å²) in [4.78, 5) is -0.213. The lowest BCUT2D eigenvalue weighted by Crippen LogP contribution is -2.14. The summed E-state index contributed by atoms with van der Waals surface area (Å²) in [6.07, 6.45) is -4.74. The third-order valence-corrected chi connectivity index (χ3v) is 6.01. The highest BCUT2D eigenvalue weighted by Gasteiger charge is 2.33. The molecule has 3 aromatic rings. The van der Waals surface area contributed by atoms with Gasteiger partial charge in [0.1, 0.15) is 23.1 Å². The van der Waals surface area contributed by atoms with Crippen molar-refractivity contribution < 1.29 is 26.3 Å². The van der Waals surface area contributed by atoms with E-state index in [4.69, 9.17) is 27.9 Å². The van der Waals surface area contributed by atoms with Gasteiger partial charge >= 0.3 is 6.18 Å². The van der Waals surface area contributed by atoms with Gasteiger partial charge in [0.2, 0.25) is 0 Å². The van der Waals surface area contributed by atoms with Gasteiger partial charge in [-0.3, -0.25) is 4.72 Å². The molecule has 0 unspecified atom stereocenters. The second-order valence-electron chi connectivity index (χ2n) is 6.10. The number of halogens is 5. The number of nitrogens with zero attached hydrogens (tertiary/aromatic N) is 1. The third kappa shape index (κ3) is 5.22. The number of nitriles is 1. The summed E-state index contributed by atoms with van der Waals surface area (Å²) in [5.41, 5.74) is -1.34. The van der Waals surface area contributed by atoms with Crippen LogP contribution in [0.5, 0.6) is 11.5 Å². The van der Waals surface area contributed by atoms with Gasteiger partial charge in [0, 0.05) is 5.69 Å². The predicted molar refractivity (Wildman–Crippen MR) is 110 cm³/mol. The smallest absolute Gasteiger partial charge is 0.417 e. The summed E-state index contributed by atoms with van der Waals surface area (Å²) < 4.78 is 71.7. The molecule has 0 heterocycles. The molecular formula is C20H11Cl2F3N2O3S. The zero-order valence-corrected chi connectivity index (χ0v) is 17.6. The highest BCUT2D eigenvalue weighted by Crippen LogP contribution is 2.36. The van der Waals surface area contributed by atoms with Gasteiger partial charge in [-0.15, -0.1) is 0 Å². The topological polar surface area (TPSA) is 79.2 Å². The number of alkyl halides is 3. The molecule has 3 rings (SSSR count). The number of hydrogen-bond acceptors (Lipinski definition) is 4. The van der Waals surface area contributed by atoms with Crippen molar-refractivity contribution in [2.45, 2.75) is 11.1 Å². The fourth-order valence-corrected chi connectivity index (χ4v) is 4.01. The molecule has 0 fully saturated rings. The lowest BCUT2D eigenvalue weighted by atomic mass is 10.2. The number of rotatable bonds is 5. The fourth-order valence-electron chi connectivity index (χ4n) is 2.53. The summed E-state index contributed by atoms with van der Waals surface area (Å²) in [5.74, 6) is 0.410. The molecule has 0 aliphatic carbocycles.